The molecule has 1 aromatic carbocycles. The van der Waals surface area contributed by atoms with Crippen LogP contribution in [0.4, 0.5) is 0 Å². The van der Waals surface area contributed by atoms with Gasteiger partial charge in [0.1, 0.15) is 0 Å². The van der Waals surface area contributed by atoms with Gasteiger partial charge in [-0.25, -0.2) is 0 Å². The summed E-state index contributed by atoms with van der Waals surface area (Å²) in [4.78, 5) is 12.0. The molecular formula is C26H39NO3. The van der Waals surface area contributed by atoms with Gasteiger partial charge in [-0.1, -0.05) is 68.7 Å². The van der Waals surface area contributed by atoms with E-state index in [1.807, 2.05) is 0 Å². The van der Waals surface area contributed by atoms with Crippen LogP contribution in [0, 0.1) is 0 Å². The predicted molar refractivity (Wildman–Crippen MR) is 126 cm³/mol. The molecule has 2 N–H and O–H groups in total. The summed E-state index contributed by atoms with van der Waals surface area (Å²) in [5.74, 6) is 0.603. The van der Waals surface area contributed by atoms with E-state index < -0.39 is 0 Å². The van der Waals surface area contributed by atoms with E-state index in [2.05, 4.69) is 48.7 Å². The van der Waals surface area contributed by atoms with Crippen molar-refractivity contribution in [3.8, 4) is 11.5 Å². The van der Waals surface area contributed by atoms with Crippen LogP contribution in [-0.4, -0.2) is 18.1 Å². The summed E-state index contributed by atoms with van der Waals surface area (Å²) < 4.78 is 5.08. The molecule has 0 heterocycles. The first-order valence-corrected chi connectivity index (χ1v) is 11.2. The highest BCUT2D eigenvalue weighted by molar-refractivity contribution is 5.75. The molecule has 0 aliphatic rings. The van der Waals surface area contributed by atoms with Crippen molar-refractivity contribution in [2.75, 3.05) is 7.11 Å². The molecule has 0 unspecified atom stereocenters. The van der Waals surface area contributed by atoms with Crippen LogP contribution in [0.15, 0.2) is 54.7 Å². The number of amides is 1. The monoisotopic (exact) mass is 413 g/mol. The lowest BCUT2D eigenvalue weighted by molar-refractivity contribution is -0.121. The zero-order valence-corrected chi connectivity index (χ0v) is 18.7. The smallest absolute Gasteiger partial charge is 0.220 e. The van der Waals surface area contributed by atoms with Crippen molar-refractivity contribution in [1.82, 2.24) is 5.32 Å². The fourth-order valence-electron chi connectivity index (χ4n) is 3.03. The van der Waals surface area contributed by atoms with E-state index in [0.717, 1.165) is 44.1 Å². The number of phenolic OH excluding ortho intramolecular Hbond substituents is 1. The lowest BCUT2D eigenvalue weighted by atomic mass is 10.1. The Morgan fingerprint density at radius 1 is 0.967 bits per heavy atom. The molecule has 0 saturated heterocycles. The SMILES string of the molecule is CC/C=C/C/C=C/C/C=C/CCCCCCCC(=O)NCc1ccc(O)c(OC)c1. The molecule has 0 saturated carbocycles. The Kier molecular flexibility index (Phi) is 14.8. The van der Waals surface area contributed by atoms with E-state index in [1.54, 1.807) is 18.2 Å². The third-order valence-corrected chi connectivity index (χ3v) is 4.79. The average molecular weight is 414 g/mol. The molecule has 4 heteroatoms. The Labute approximate surface area is 182 Å². The zero-order chi connectivity index (χ0) is 21.9. The standard InChI is InChI=1S/C26H39NO3/c1-3-4-5-6-7-8-9-10-11-12-13-14-15-16-17-18-26(29)27-22-23-19-20-24(28)25(21-23)30-2/h4-5,7-8,10-11,19-21,28H,3,6,9,12-18,22H2,1-2H3,(H,27,29)/b5-4+,8-7+,11-10+. The summed E-state index contributed by atoms with van der Waals surface area (Å²) in [6.45, 7) is 2.60. The highest BCUT2D eigenvalue weighted by atomic mass is 16.5. The molecule has 0 bridgehead atoms. The van der Waals surface area contributed by atoms with Crippen molar-refractivity contribution in [2.24, 2.45) is 0 Å². The molecule has 1 aromatic rings. The maximum Gasteiger partial charge on any atom is 0.220 e. The highest BCUT2D eigenvalue weighted by Gasteiger charge is 2.05. The predicted octanol–water partition coefficient (Wildman–Crippen LogP) is 6.61. The second kappa shape index (κ2) is 17.4. The molecule has 0 fully saturated rings. The van der Waals surface area contributed by atoms with Crippen molar-refractivity contribution in [2.45, 2.75) is 77.7 Å². The topological polar surface area (TPSA) is 58.6 Å². The number of benzene rings is 1. The number of hydrogen-bond donors (Lipinski definition) is 2. The van der Waals surface area contributed by atoms with Crippen LogP contribution in [0.2, 0.25) is 0 Å². The van der Waals surface area contributed by atoms with Gasteiger partial charge in [-0.2, -0.15) is 0 Å². The fraction of sp³-hybridized carbons (Fsp3) is 0.500. The number of ether oxygens (including phenoxy) is 1. The van der Waals surface area contributed by atoms with Crippen LogP contribution < -0.4 is 10.1 Å². The first-order valence-electron chi connectivity index (χ1n) is 11.2. The van der Waals surface area contributed by atoms with E-state index in [4.69, 9.17) is 4.74 Å². The van der Waals surface area contributed by atoms with E-state index in [-0.39, 0.29) is 11.7 Å². The number of hydrogen-bond acceptors (Lipinski definition) is 3. The molecule has 0 aliphatic carbocycles. The number of aromatic hydroxyl groups is 1. The van der Waals surface area contributed by atoms with Gasteiger partial charge in [0.15, 0.2) is 11.5 Å². The number of phenols is 1. The number of rotatable bonds is 16. The average Bonchev–Trinajstić information content (AvgIpc) is 2.75. The van der Waals surface area contributed by atoms with Gasteiger partial charge < -0.3 is 15.2 Å². The van der Waals surface area contributed by atoms with Gasteiger partial charge in [-0.05, 0) is 56.2 Å². The largest absolute Gasteiger partial charge is 0.504 e. The van der Waals surface area contributed by atoms with Gasteiger partial charge in [-0.15, -0.1) is 0 Å². The van der Waals surface area contributed by atoms with E-state index >= 15 is 0 Å². The molecule has 4 nitrogen and oxygen atoms in total. The van der Waals surface area contributed by atoms with Crippen LogP contribution in [0.1, 0.15) is 76.7 Å². The Hall–Kier alpha value is -2.49. The van der Waals surface area contributed by atoms with Crippen LogP contribution >= 0.6 is 0 Å². The van der Waals surface area contributed by atoms with E-state index in [9.17, 15) is 9.90 Å². The molecule has 166 valence electrons. The second-order valence-corrected chi connectivity index (χ2v) is 7.38. The molecule has 1 rings (SSSR count). The van der Waals surface area contributed by atoms with Crippen molar-refractivity contribution in [3.63, 3.8) is 0 Å². The molecule has 30 heavy (non-hydrogen) atoms. The quantitative estimate of drug-likeness (QED) is 0.237. The highest BCUT2D eigenvalue weighted by Crippen LogP contribution is 2.26. The van der Waals surface area contributed by atoms with Gasteiger partial charge in [-0.3, -0.25) is 4.79 Å². The Morgan fingerprint density at radius 3 is 2.37 bits per heavy atom. The van der Waals surface area contributed by atoms with Crippen molar-refractivity contribution < 1.29 is 14.6 Å². The number of methoxy groups -OCH3 is 1. The summed E-state index contributed by atoms with van der Waals surface area (Å²) in [6, 6.07) is 5.11. The Balaban J connectivity index is 1.98. The molecule has 0 atom stereocenters. The molecule has 0 spiro atoms. The van der Waals surface area contributed by atoms with Crippen molar-refractivity contribution >= 4 is 5.91 Å². The second-order valence-electron chi connectivity index (χ2n) is 7.38. The number of carbonyl (C=O) groups is 1. The minimum absolute atomic E-state index is 0.0724. The molecule has 0 aliphatic heterocycles. The molecule has 0 radical (unpaired) electrons. The van der Waals surface area contributed by atoms with Gasteiger partial charge in [0.25, 0.3) is 0 Å². The number of unbranched alkanes of at least 4 members (excludes halogenated alkanes) is 5. The maximum absolute atomic E-state index is 12.0. The first-order chi connectivity index (χ1) is 14.7. The Morgan fingerprint density at radius 2 is 1.63 bits per heavy atom. The van der Waals surface area contributed by atoms with Crippen LogP contribution in [0.5, 0.6) is 11.5 Å². The fourth-order valence-corrected chi connectivity index (χ4v) is 3.03. The van der Waals surface area contributed by atoms with Crippen molar-refractivity contribution in [3.05, 3.63) is 60.2 Å². The zero-order valence-electron chi connectivity index (χ0n) is 18.7. The van der Waals surface area contributed by atoms with Gasteiger partial charge in [0.2, 0.25) is 5.91 Å². The van der Waals surface area contributed by atoms with Crippen LogP contribution in [0.3, 0.4) is 0 Å². The van der Waals surface area contributed by atoms with Gasteiger partial charge >= 0.3 is 0 Å². The Bertz CT molecular complexity index is 677. The lowest BCUT2D eigenvalue weighted by Crippen LogP contribution is -2.22. The van der Waals surface area contributed by atoms with E-state index in [1.165, 1.54) is 26.4 Å². The number of carbonyl (C=O) groups excluding carboxylic acids is 1. The van der Waals surface area contributed by atoms with Crippen LogP contribution in [0.25, 0.3) is 0 Å². The number of allylic oxidation sites excluding steroid dienone is 6. The summed E-state index contributed by atoms with van der Waals surface area (Å²) >= 11 is 0. The third kappa shape index (κ3) is 12.9. The third-order valence-electron chi connectivity index (χ3n) is 4.79. The lowest BCUT2D eigenvalue weighted by Gasteiger charge is -2.08. The number of nitrogens with one attached hydrogen (secondary N) is 1. The summed E-state index contributed by atoms with van der Waals surface area (Å²) in [6.07, 6.45) is 23.9. The van der Waals surface area contributed by atoms with Crippen molar-refractivity contribution in [1.29, 1.82) is 0 Å². The minimum atomic E-state index is 0.0724. The first kappa shape index (κ1) is 25.5. The summed E-state index contributed by atoms with van der Waals surface area (Å²) in [5.41, 5.74) is 0.912. The summed E-state index contributed by atoms with van der Waals surface area (Å²) in [7, 11) is 1.51. The molecular weight excluding hydrogens is 374 g/mol. The van der Waals surface area contributed by atoms with E-state index in [0.29, 0.717) is 18.7 Å². The minimum Gasteiger partial charge on any atom is -0.504 e. The maximum atomic E-state index is 12.0. The van der Waals surface area contributed by atoms with Gasteiger partial charge in [0, 0.05) is 13.0 Å². The molecule has 0 aromatic heterocycles. The van der Waals surface area contributed by atoms with Gasteiger partial charge in [0.05, 0.1) is 7.11 Å². The van der Waals surface area contributed by atoms with Crippen LogP contribution in [-0.2, 0) is 11.3 Å². The summed E-state index contributed by atoms with van der Waals surface area (Å²) in [5, 5.41) is 12.5. The molecule has 1 amide bonds. The normalized spacial score (nSPS) is 11.7.